The van der Waals surface area contributed by atoms with Gasteiger partial charge in [-0.2, -0.15) is 0 Å². The van der Waals surface area contributed by atoms with Crippen LogP contribution in [0.25, 0.3) is 33.6 Å². The average Bonchev–Trinajstić information content (AvgIpc) is 4.44. The van der Waals surface area contributed by atoms with Crippen molar-refractivity contribution < 1.29 is 42.5 Å². The molecule has 422 valence electrons. The van der Waals surface area contributed by atoms with Crippen molar-refractivity contribution in [2.45, 2.75) is 121 Å². The van der Waals surface area contributed by atoms with Crippen LogP contribution in [0.1, 0.15) is 107 Å². The Morgan fingerprint density at radius 2 is 1.71 bits per heavy atom. The van der Waals surface area contributed by atoms with Gasteiger partial charge in [0.05, 0.1) is 73.6 Å². The zero-order valence-electron chi connectivity index (χ0n) is 46.6. The molecule has 9 heterocycles. The van der Waals surface area contributed by atoms with Gasteiger partial charge in [0.25, 0.3) is 5.91 Å². The van der Waals surface area contributed by atoms with Gasteiger partial charge in [-0.05, 0) is 99.7 Å². The Balaban J connectivity index is 0.992. The number of benzene rings is 1. The first-order chi connectivity index (χ1) is 38.4. The number of hydrogen-bond donors (Lipinski definition) is 2. The van der Waals surface area contributed by atoms with Crippen LogP contribution in [0.15, 0.2) is 65.5 Å². The molecule has 0 spiro atoms. The number of pyridine rings is 2. The quantitative estimate of drug-likeness (QED) is 0.122. The van der Waals surface area contributed by atoms with Crippen LogP contribution in [0.3, 0.4) is 0 Å². The monoisotopic (exact) mass is 1080 g/mol. The Kier molecular flexibility index (Phi) is 15.7. The normalized spacial score (nSPS) is 26.9. The van der Waals surface area contributed by atoms with Gasteiger partial charge in [-0.15, -0.1) is 0 Å². The molecule has 5 aliphatic heterocycles. The van der Waals surface area contributed by atoms with Gasteiger partial charge in [0.2, 0.25) is 11.8 Å². The van der Waals surface area contributed by atoms with Crippen molar-refractivity contribution >= 4 is 34.4 Å². The van der Waals surface area contributed by atoms with Crippen LogP contribution in [0, 0.1) is 17.3 Å². The Hall–Kier alpha value is -5.80. The molecule has 2 saturated carbocycles. The highest BCUT2D eigenvalue weighted by molar-refractivity contribution is 5.95. The molecule has 12 rings (SSSR count). The largest absolute Gasteiger partial charge is 0.464 e. The van der Waals surface area contributed by atoms with Crippen molar-refractivity contribution in [3.8, 4) is 22.7 Å². The van der Waals surface area contributed by atoms with E-state index >= 15 is 4.79 Å². The standard InChI is InChI=1S/C60H78N10O9/c1-37-50(46-9-6-7-17-61-46)51(37)56(71)64-53-55(68-23-28-76-29-24-68)48-35-78-57(63-48)39-11-14-49-43(31-39)45(33-60(3,4)36-79-59(73)47-10-8-18-70(65-47)58(53)72)54(69(49)25-30-77-42-15-26-75-27-16-42)44-32-41(34-62-52(44)38(2)74-5)67-21-19-66(20-22-67)40-12-13-40/h6-7,9,11,14,17,31-32,34-35,37-38,40,42,47,50-51,53,55,65H,8,10,12-13,15-16,18-30,33,36H2,1-5H3,(H,64,71)/t37-,38-,47-,50-,51+,53-,55+/m0/s1. The minimum Gasteiger partial charge on any atom is -0.464 e. The number of esters is 1. The van der Waals surface area contributed by atoms with Gasteiger partial charge in [-0.3, -0.25) is 39.2 Å². The summed E-state index contributed by atoms with van der Waals surface area (Å²) in [5, 5.41) is 5.77. The predicted molar refractivity (Wildman–Crippen MR) is 296 cm³/mol. The Labute approximate surface area is 463 Å². The van der Waals surface area contributed by atoms with Crippen molar-refractivity contribution in [3.05, 3.63) is 83.8 Å². The summed E-state index contributed by atoms with van der Waals surface area (Å²) in [6.07, 6.45) is 11.0. The molecule has 2 amide bonds. The van der Waals surface area contributed by atoms with Crippen molar-refractivity contribution in [1.29, 1.82) is 0 Å². The number of hydrazine groups is 1. The number of carbonyl (C=O) groups excluding carboxylic acids is 3. The molecule has 5 aromatic rings. The van der Waals surface area contributed by atoms with Gasteiger partial charge in [-0.1, -0.05) is 26.8 Å². The van der Waals surface area contributed by atoms with Crippen molar-refractivity contribution in [2.75, 3.05) is 97.5 Å². The number of carbonyl (C=O) groups is 3. The van der Waals surface area contributed by atoms with Crippen molar-refractivity contribution in [3.63, 3.8) is 0 Å². The Morgan fingerprint density at radius 1 is 0.911 bits per heavy atom. The van der Waals surface area contributed by atoms with E-state index in [1.807, 2.05) is 31.3 Å². The van der Waals surface area contributed by atoms with Crippen LogP contribution >= 0.6 is 0 Å². The summed E-state index contributed by atoms with van der Waals surface area (Å²) in [5.41, 5.74) is 10.7. The highest BCUT2D eigenvalue weighted by Crippen LogP contribution is 2.53. The molecule has 19 heteroatoms. The Morgan fingerprint density at radius 3 is 2.47 bits per heavy atom. The molecule has 4 aromatic heterocycles. The fraction of sp³-hybridized carbons (Fsp3) is 0.600. The molecule has 7 atom stereocenters. The highest BCUT2D eigenvalue weighted by Gasteiger charge is 2.55. The van der Waals surface area contributed by atoms with E-state index in [1.165, 1.54) is 17.9 Å². The number of cyclic esters (lactones) is 1. The Bertz CT molecular complexity index is 2980. The minimum atomic E-state index is -1.12. The number of hydrogen-bond acceptors (Lipinski definition) is 16. The van der Waals surface area contributed by atoms with E-state index in [2.05, 4.69) is 80.0 Å². The summed E-state index contributed by atoms with van der Waals surface area (Å²) in [4.78, 5) is 66.9. The molecule has 0 radical (unpaired) electrons. The molecule has 79 heavy (non-hydrogen) atoms. The van der Waals surface area contributed by atoms with Crippen LogP contribution in [0.2, 0.25) is 0 Å². The zero-order chi connectivity index (χ0) is 54.4. The molecular formula is C60H78N10O9. The topological polar surface area (TPSA) is 191 Å². The fourth-order valence-electron chi connectivity index (χ4n) is 13.1. The summed E-state index contributed by atoms with van der Waals surface area (Å²) in [6, 6.07) is 12.5. The lowest BCUT2D eigenvalue weighted by molar-refractivity contribution is -0.156. The number of morpholine rings is 1. The minimum absolute atomic E-state index is 0.0128. The lowest BCUT2D eigenvalue weighted by atomic mass is 9.84. The van der Waals surface area contributed by atoms with Gasteiger partial charge in [0, 0.05) is 130 Å². The molecule has 0 unspecified atom stereocenters. The van der Waals surface area contributed by atoms with Crippen LogP contribution in [0.4, 0.5) is 5.69 Å². The summed E-state index contributed by atoms with van der Waals surface area (Å²) in [6.45, 7) is 16.9. The van der Waals surface area contributed by atoms with Gasteiger partial charge in [0.15, 0.2) is 0 Å². The number of oxazole rings is 1. The highest BCUT2D eigenvalue weighted by atomic mass is 16.5. The van der Waals surface area contributed by atoms with E-state index in [0.29, 0.717) is 96.1 Å². The third-order valence-corrected chi connectivity index (χ3v) is 17.7. The number of rotatable bonds is 13. The van der Waals surface area contributed by atoms with E-state index in [9.17, 15) is 9.59 Å². The maximum atomic E-state index is 15.4. The van der Waals surface area contributed by atoms with Crippen LogP contribution < -0.4 is 15.6 Å². The van der Waals surface area contributed by atoms with Crippen LogP contribution in [0.5, 0.6) is 0 Å². The lowest BCUT2D eigenvalue weighted by Gasteiger charge is -2.41. The zero-order valence-corrected chi connectivity index (χ0v) is 46.6. The number of ether oxygens (including phenoxy) is 5. The molecule has 1 aromatic carbocycles. The third kappa shape index (κ3) is 11.3. The fourth-order valence-corrected chi connectivity index (χ4v) is 13.1. The number of anilines is 1. The summed E-state index contributed by atoms with van der Waals surface area (Å²) in [5.74, 6) is -1.14. The van der Waals surface area contributed by atoms with Gasteiger partial charge in [0.1, 0.15) is 18.3 Å². The van der Waals surface area contributed by atoms with Crippen molar-refractivity contribution in [2.24, 2.45) is 17.3 Å². The summed E-state index contributed by atoms with van der Waals surface area (Å²) in [7, 11) is 1.73. The number of nitrogens with one attached hydrogen (secondary N) is 2. The molecule has 4 saturated heterocycles. The average molecular weight is 1080 g/mol. The first kappa shape index (κ1) is 53.8. The van der Waals surface area contributed by atoms with Crippen LogP contribution in [-0.2, 0) is 51.0 Å². The van der Waals surface area contributed by atoms with Gasteiger partial charge < -0.3 is 42.9 Å². The molecule has 6 fully saturated rings. The number of fused-ring (bicyclic) bond motifs is 6. The van der Waals surface area contributed by atoms with Gasteiger partial charge in [-0.25, -0.2) is 10.4 Å². The number of nitrogens with zero attached hydrogens (tertiary/aromatic N) is 8. The molecule has 2 N–H and O–H groups in total. The second kappa shape index (κ2) is 23.0. The van der Waals surface area contributed by atoms with E-state index < -0.39 is 35.4 Å². The number of methoxy groups -OCH3 is 1. The first-order valence-electron chi connectivity index (χ1n) is 29.0. The van der Waals surface area contributed by atoms with E-state index in [4.69, 9.17) is 38.1 Å². The second-order valence-electron chi connectivity index (χ2n) is 23.7. The number of amides is 2. The second-order valence-corrected chi connectivity index (χ2v) is 23.7. The molecule has 6 bridgehead atoms. The molecule has 2 aliphatic carbocycles. The third-order valence-electron chi connectivity index (χ3n) is 17.7. The van der Waals surface area contributed by atoms with Crippen LogP contribution in [-0.4, -0.2) is 169 Å². The number of piperazine rings is 1. The summed E-state index contributed by atoms with van der Waals surface area (Å²) < 4.78 is 39.7. The summed E-state index contributed by atoms with van der Waals surface area (Å²) >= 11 is 0. The molecule has 7 aliphatic rings. The van der Waals surface area contributed by atoms with E-state index in [-0.39, 0.29) is 42.5 Å². The van der Waals surface area contributed by atoms with Crippen molar-refractivity contribution in [1.82, 2.24) is 45.1 Å². The van der Waals surface area contributed by atoms with E-state index in [0.717, 1.165) is 89.4 Å². The predicted octanol–water partition coefficient (Wildman–Crippen LogP) is 6.47. The lowest BCUT2D eigenvalue weighted by Crippen LogP contribution is -2.63. The van der Waals surface area contributed by atoms with Gasteiger partial charge >= 0.3 is 5.97 Å². The first-order valence-corrected chi connectivity index (χ1v) is 29.0. The van der Waals surface area contributed by atoms with E-state index in [1.54, 1.807) is 19.6 Å². The molecule has 19 nitrogen and oxygen atoms in total. The maximum absolute atomic E-state index is 15.4. The maximum Gasteiger partial charge on any atom is 0.324 e. The smallest absolute Gasteiger partial charge is 0.324 e. The molecular weight excluding hydrogens is 1000 g/mol. The number of aromatic nitrogens is 4. The SMILES string of the molecule is CO[C@@H](C)c1ncc(N2CCN(C3CC3)CC2)cc1-c1c2c3cc(ccc3n1CCOC1CCOCC1)-c1nc(co1)[C@@H](N1CCOCC1)[C@H](NC(=O)[C@@H]1[C@@H](C)[C@H]1c1ccccn1)C(=O)N1CCC[C@H](N1)C(=O)OCC(C)(C)C2.